The van der Waals surface area contributed by atoms with Crippen molar-refractivity contribution in [3.05, 3.63) is 46.0 Å². The van der Waals surface area contributed by atoms with Gasteiger partial charge in [0, 0.05) is 17.8 Å². The van der Waals surface area contributed by atoms with Crippen molar-refractivity contribution >= 4 is 23.0 Å². The van der Waals surface area contributed by atoms with E-state index < -0.39 is 10.8 Å². The number of nitrogens with one attached hydrogen (secondary N) is 1. The van der Waals surface area contributed by atoms with E-state index in [1.54, 1.807) is 6.07 Å². The Kier molecular flexibility index (Phi) is 3.82. The van der Waals surface area contributed by atoms with Crippen molar-refractivity contribution in [1.29, 1.82) is 0 Å². The van der Waals surface area contributed by atoms with E-state index in [9.17, 15) is 14.9 Å². The lowest BCUT2D eigenvalue weighted by Gasteiger charge is -2.10. The second-order valence-corrected chi connectivity index (χ2v) is 4.89. The predicted molar refractivity (Wildman–Crippen MR) is 84.6 cm³/mol. The number of carbonyl (C=O) groups is 1. The normalized spacial score (nSPS) is 11.9. The maximum atomic E-state index is 12.4. The fraction of sp³-hybridized carbons (Fsp3) is 0.133. The van der Waals surface area contributed by atoms with Gasteiger partial charge in [0.05, 0.1) is 23.7 Å². The number of hydrogen-bond donors (Lipinski definition) is 2. The molecule has 24 heavy (non-hydrogen) atoms. The van der Waals surface area contributed by atoms with Gasteiger partial charge in [-0.1, -0.05) is 0 Å². The molecule has 2 aromatic carbocycles. The van der Waals surface area contributed by atoms with Gasteiger partial charge in [0.25, 0.3) is 11.6 Å². The average Bonchev–Trinajstić information content (AvgIpc) is 3.00. The molecule has 1 aliphatic rings. The molecule has 9 heteroatoms. The molecule has 0 saturated carbocycles. The minimum atomic E-state index is -0.616. The zero-order valence-electron chi connectivity index (χ0n) is 12.6. The molecular weight excluding hydrogens is 318 g/mol. The van der Waals surface area contributed by atoms with Crippen molar-refractivity contribution in [3.8, 4) is 17.2 Å². The maximum Gasteiger partial charge on any atom is 0.296 e. The number of fused-ring (bicyclic) bond motifs is 1. The van der Waals surface area contributed by atoms with Crippen LogP contribution in [0.4, 0.5) is 17.1 Å². The second kappa shape index (κ2) is 5.95. The summed E-state index contributed by atoms with van der Waals surface area (Å²) in [4.78, 5) is 23.0. The van der Waals surface area contributed by atoms with Crippen molar-refractivity contribution < 1.29 is 23.9 Å². The summed E-state index contributed by atoms with van der Waals surface area (Å²) >= 11 is 0. The molecule has 1 aliphatic heterocycles. The molecule has 0 bridgehead atoms. The van der Waals surface area contributed by atoms with Gasteiger partial charge in [-0.2, -0.15) is 0 Å². The van der Waals surface area contributed by atoms with Gasteiger partial charge in [0.2, 0.25) is 6.79 Å². The van der Waals surface area contributed by atoms with Crippen LogP contribution in [0.2, 0.25) is 0 Å². The van der Waals surface area contributed by atoms with E-state index in [1.807, 2.05) is 0 Å². The number of amides is 1. The third-order valence-electron chi connectivity index (χ3n) is 3.44. The number of carbonyl (C=O) groups excluding carboxylic acids is 1. The van der Waals surface area contributed by atoms with E-state index in [2.05, 4.69) is 5.32 Å². The third-order valence-corrected chi connectivity index (χ3v) is 3.44. The Balaban J connectivity index is 1.93. The molecule has 0 fully saturated rings. The number of benzene rings is 2. The monoisotopic (exact) mass is 331 g/mol. The van der Waals surface area contributed by atoms with Crippen LogP contribution >= 0.6 is 0 Å². The lowest BCUT2D eigenvalue weighted by molar-refractivity contribution is -0.384. The molecule has 0 unspecified atom stereocenters. The lowest BCUT2D eigenvalue weighted by Crippen LogP contribution is -2.15. The van der Waals surface area contributed by atoms with Gasteiger partial charge in [-0.3, -0.25) is 14.9 Å². The van der Waals surface area contributed by atoms with Gasteiger partial charge in [-0.25, -0.2) is 0 Å². The van der Waals surface area contributed by atoms with Crippen LogP contribution in [-0.4, -0.2) is 24.7 Å². The molecule has 124 valence electrons. The molecule has 2 aromatic rings. The number of hydrogen-bond acceptors (Lipinski definition) is 7. The van der Waals surface area contributed by atoms with Crippen molar-refractivity contribution in [3.63, 3.8) is 0 Å². The highest BCUT2D eigenvalue weighted by Crippen LogP contribution is 2.40. The van der Waals surface area contributed by atoms with Crippen LogP contribution in [0.25, 0.3) is 0 Å². The highest BCUT2D eigenvalue weighted by Gasteiger charge is 2.25. The number of nitrogens with two attached hydrogens (primary N) is 1. The standard InChI is InChI=1S/C15H13N3O6/c1-22-8-2-3-9(10(16)4-8)15(19)17-11-5-13-14(24-7-23-13)6-12(11)18(20)21/h2-6H,7,16H2,1H3,(H,17,19). The third kappa shape index (κ3) is 2.74. The van der Waals surface area contributed by atoms with Crippen LogP contribution in [0.1, 0.15) is 10.4 Å². The molecule has 0 atom stereocenters. The van der Waals surface area contributed by atoms with Gasteiger partial charge in [-0.05, 0) is 12.1 Å². The summed E-state index contributed by atoms with van der Waals surface area (Å²) in [6, 6.07) is 7.08. The van der Waals surface area contributed by atoms with Crippen LogP contribution in [0.15, 0.2) is 30.3 Å². The quantitative estimate of drug-likeness (QED) is 0.499. The van der Waals surface area contributed by atoms with Gasteiger partial charge in [0.1, 0.15) is 11.4 Å². The number of nitrogen functional groups attached to an aromatic ring is 1. The predicted octanol–water partition coefficient (Wildman–Crippen LogP) is 2.17. The molecule has 0 aliphatic carbocycles. The van der Waals surface area contributed by atoms with Crippen molar-refractivity contribution in [2.24, 2.45) is 0 Å². The van der Waals surface area contributed by atoms with E-state index in [0.717, 1.165) is 0 Å². The molecule has 0 radical (unpaired) electrons. The number of ether oxygens (including phenoxy) is 3. The molecule has 0 spiro atoms. The van der Waals surface area contributed by atoms with E-state index in [0.29, 0.717) is 11.5 Å². The summed E-state index contributed by atoms with van der Waals surface area (Å²) in [5, 5.41) is 13.7. The van der Waals surface area contributed by atoms with Crippen LogP contribution in [0.3, 0.4) is 0 Å². The first-order chi connectivity index (χ1) is 11.5. The summed E-state index contributed by atoms with van der Waals surface area (Å²) in [5.41, 5.74) is 5.86. The largest absolute Gasteiger partial charge is 0.497 e. The minimum absolute atomic E-state index is 0.00975. The van der Waals surface area contributed by atoms with E-state index in [4.69, 9.17) is 19.9 Å². The van der Waals surface area contributed by atoms with Gasteiger partial charge in [0.15, 0.2) is 11.5 Å². The van der Waals surface area contributed by atoms with E-state index in [-0.39, 0.29) is 35.2 Å². The fourth-order valence-corrected chi connectivity index (χ4v) is 2.25. The van der Waals surface area contributed by atoms with Crippen LogP contribution in [0.5, 0.6) is 17.2 Å². The van der Waals surface area contributed by atoms with Crippen LogP contribution in [-0.2, 0) is 0 Å². The molecule has 0 saturated heterocycles. The smallest absolute Gasteiger partial charge is 0.296 e. The number of nitro benzene ring substituents is 1. The van der Waals surface area contributed by atoms with Gasteiger partial charge in [-0.15, -0.1) is 0 Å². The summed E-state index contributed by atoms with van der Waals surface area (Å²) < 4.78 is 15.3. The van der Waals surface area contributed by atoms with Gasteiger partial charge < -0.3 is 25.3 Å². The fourth-order valence-electron chi connectivity index (χ4n) is 2.25. The van der Waals surface area contributed by atoms with E-state index in [1.165, 1.54) is 31.4 Å². The average molecular weight is 331 g/mol. The topological polar surface area (TPSA) is 126 Å². The number of nitro groups is 1. The second-order valence-electron chi connectivity index (χ2n) is 4.89. The van der Waals surface area contributed by atoms with Crippen molar-refractivity contribution in [2.75, 3.05) is 25.0 Å². The van der Waals surface area contributed by atoms with Gasteiger partial charge >= 0.3 is 0 Å². The first-order valence-corrected chi connectivity index (χ1v) is 6.82. The molecule has 1 amide bonds. The highest BCUT2D eigenvalue weighted by molar-refractivity contribution is 6.09. The Labute approximate surface area is 136 Å². The Morgan fingerprint density at radius 2 is 2.00 bits per heavy atom. The summed E-state index contributed by atoms with van der Waals surface area (Å²) in [5.74, 6) is 0.484. The maximum absolute atomic E-state index is 12.4. The zero-order chi connectivity index (χ0) is 17.3. The molecule has 3 N–H and O–H groups in total. The molecule has 0 aromatic heterocycles. The minimum Gasteiger partial charge on any atom is -0.497 e. The zero-order valence-corrected chi connectivity index (χ0v) is 12.6. The number of nitrogens with zero attached hydrogens (tertiary/aromatic N) is 1. The number of anilines is 2. The molecule has 1 heterocycles. The van der Waals surface area contributed by atoms with E-state index >= 15 is 0 Å². The highest BCUT2D eigenvalue weighted by atomic mass is 16.7. The Morgan fingerprint density at radius 1 is 1.29 bits per heavy atom. The molecule has 3 rings (SSSR count). The summed E-state index contributed by atoms with van der Waals surface area (Å²) in [6.45, 7) is -0.0324. The Bertz CT molecular complexity index is 836. The summed E-state index contributed by atoms with van der Waals surface area (Å²) in [6.07, 6.45) is 0. The first kappa shape index (κ1) is 15.4. The molecule has 9 nitrogen and oxygen atoms in total. The van der Waals surface area contributed by atoms with Crippen LogP contribution < -0.4 is 25.3 Å². The Morgan fingerprint density at radius 3 is 2.62 bits per heavy atom. The summed E-state index contributed by atoms with van der Waals surface area (Å²) in [7, 11) is 1.48. The van der Waals surface area contributed by atoms with Crippen LogP contribution in [0, 0.1) is 10.1 Å². The van der Waals surface area contributed by atoms with Crippen molar-refractivity contribution in [1.82, 2.24) is 0 Å². The number of methoxy groups -OCH3 is 1. The number of rotatable bonds is 4. The lowest BCUT2D eigenvalue weighted by atomic mass is 10.1. The van der Waals surface area contributed by atoms with Crippen molar-refractivity contribution in [2.45, 2.75) is 0 Å². The Hall–Kier alpha value is -3.49. The first-order valence-electron chi connectivity index (χ1n) is 6.82. The SMILES string of the molecule is COc1ccc(C(=O)Nc2cc3c(cc2[N+](=O)[O-])OCO3)c(N)c1. The molecular formula is C15H13N3O6.